The molecule has 0 atom stereocenters. The van der Waals surface area contributed by atoms with E-state index in [4.69, 9.17) is 4.74 Å². The number of nitrogens with zero attached hydrogens (tertiary/aromatic N) is 1. The highest BCUT2D eigenvalue weighted by Gasteiger charge is 2.15. The van der Waals surface area contributed by atoms with Crippen molar-refractivity contribution in [3.05, 3.63) is 65.2 Å². The Balaban J connectivity index is 1.42. The SMILES string of the molecule is Cc1ccc(C(=O)N/N=C/c2ccc(OCC(=O)NC3CCCCC3)cc2)cc1. The lowest BCUT2D eigenvalue weighted by Crippen LogP contribution is -2.38. The molecule has 3 rings (SSSR count). The van der Waals surface area contributed by atoms with E-state index in [2.05, 4.69) is 15.8 Å². The van der Waals surface area contributed by atoms with Crippen LogP contribution in [0.4, 0.5) is 0 Å². The van der Waals surface area contributed by atoms with Crippen molar-refractivity contribution < 1.29 is 14.3 Å². The van der Waals surface area contributed by atoms with E-state index in [0.29, 0.717) is 11.3 Å². The third-order valence-corrected chi connectivity index (χ3v) is 4.91. The summed E-state index contributed by atoms with van der Waals surface area (Å²) in [4.78, 5) is 24.0. The molecule has 152 valence electrons. The molecule has 0 aromatic heterocycles. The van der Waals surface area contributed by atoms with Crippen molar-refractivity contribution in [2.24, 2.45) is 5.10 Å². The Hall–Kier alpha value is -3.15. The highest BCUT2D eigenvalue weighted by Crippen LogP contribution is 2.17. The van der Waals surface area contributed by atoms with Crippen LogP contribution in [0.1, 0.15) is 53.6 Å². The van der Waals surface area contributed by atoms with E-state index >= 15 is 0 Å². The lowest BCUT2D eigenvalue weighted by Gasteiger charge is -2.22. The zero-order chi connectivity index (χ0) is 20.5. The highest BCUT2D eigenvalue weighted by molar-refractivity contribution is 5.94. The number of hydrogen-bond acceptors (Lipinski definition) is 4. The fraction of sp³-hybridized carbons (Fsp3) is 0.348. The maximum absolute atomic E-state index is 12.0. The Morgan fingerprint density at radius 3 is 2.41 bits per heavy atom. The highest BCUT2D eigenvalue weighted by atomic mass is 16.5. The van der Waals surface area contributed by atoms with Crippen LogP contribution >= 0.6 is 0 Å². The Morgan fingerprint density at radius 1 is 1.03 bits per heavy atom. The van der Waals surface area contributed by atoms with Gasteiger partial charge in [0, 0.05) is 11.6 Å². The first-order valence-corrected chi connectivity index (χ1v) is 10.0. The average molecular weight is 393 g/mol. The molecule has 0 aliphatic heterocycles. The van der Waals surface area contributed by atoms with Gasteiger partial charge in [0.2, 0.25) is 0 Å². The number of ether oxygens (including phenoxy) is 1. The van der Waals surface area contributed by atoms with Crippen LogP contribution in [0, 0.1) is 6.92 Å². The summed E-state index contributed by atoms with van der Waals surface area (Å²) < 4.78 is 5.55. The van der Waals surface area contributed by atoms with Crippen molar-refractivity contribution >= 4 is 18.0 Å². The summed E-state index contributed by atoms with van der Waals surface area (Å²) in [7, 11) is 0. The minimum absolute atomic E-state index is 0.0105. The molecule has 0 bridgehead atoms. The summed E-state index contributed by atoms with van der Waals surface area (Å²) >= 11 is 0. The van der Waals surface area contributed by atoms with Gasteiger partial charge in [-0.1, -0.05) is 37.0 Å². The molecule has 29 heavy (non-hydrogen) atoms. The Bertz CT molecular complexity index is 839. The summed E-state index contributed by atoms with van der Waals surface area (Å²) in [5.41, 5.74) is 4.97. The van der Waals surface area contributed by atoms with Crippen molar-refractivity contribution in [2.75, 3.05) is 6.61 Å². The van der Waals surface area contributed by atoms with E-state index in [1.54, 1.807) is 30.5 Å². The first-order chi connectivity index (χ1) is 14.1. The smallest absolute Gasteiger partial charge is 0.271 e. The molecule has 0 spiro atoms. The van der Waals surface area contributed by atoms with Gasteiger partial charge >= 0.3 is 0 Å². The molecule has 1 aliphatic carbocycles. The van der Waals surface area contributed by atoms with Crippen LogP contribution in [0.15, 0.2) is 53.6 Å². The van der Waals surface area contributed by atoms with Gasteiger partial charge < -0.3 is 10.1 Å². The molecule has 6 heteroatoms. The van der Waals surface area contributed by atoms with Crippen LogP contribution in [0.5, 0.6) is 5.75 Å². The first-order valence-electron chi connectivity index (χ1n) is 10.0. The molecule has 1 aliphatic rings. The van der Waals surface area contributed by atoms with Gasteiger partial charge in [0.15, 0.2) is 6.61 Å². The molecule has 2 amide bonds. The molecule has 1 fully saturated rings. The summed E-state index contributed by atoms with van der Waals surface area (Å²) in [5, 5.41) is 7.01. The zero-order valence-electron chi connectivity index (χ0n) is 16.7. The van der Waals surface area contributed by atoms with Gasteiger partial charge in [-0.2, -0.15) is 5.10 Å². The predicted molar refractivity (Wildman–Crippen MR) is 113 cm³/mol. The van der Waals surface area contributed by atoms with Crippen molar-refractivity contribution in [3.8, 4) is 5.75 Å². The monoisotopic (exact) mass is 393 g/mol. The van der Waals surface area contributed by atoms with E-state index in [9.17, 15) is 9.59 Å². The van der Waals surface area contributed by atoms with Crippen LogP contribution in [-0.4, -0.2) is 30.7 Å². The van der Waals surface area contributed by atoms with Crippen molar-refractivity contribution in [1.29, 1.82) is 0 Å². The number of carbonyl (C=O) groups excluding carboxylic acids is 2. The lowest BCUT2D eigenvalue weighted by molar-refractivity contribution is -0.124. The number of aryl methyl sites for hydroxylation is 1. The molecule has 6 nitrogen and oxygen atoms in total. The Morgan fingerprint density at radius 2 is 1.72 bits per heavy atom. The Labute approximate surface area is 171 Å². The molecular formula is C23H27N3O3. The molecule has 2 N–H and O–H groups in total. The van der Waals surface area contributed by atoms with E-state index < -0.39 is 0 Å². The van der Waals surface area contributed by atoms with Gasteiger partial charge in [0.05, 0.1) is 6.21 Å². The number of hydrazone groups is 1. The number of nitrogens with one attached hydrogen (secondary N) is 2. The van der Waals surface area contributed by atoms with Crippen LogP contribution in [-0.2, 0) is 4.79 Å². The minimum atomic E-state index is -0.259. The number of carbonyl (C=O) groups is 2. The fourth-order valence-corrected chi connectivity index (χ4v) is 3.25. The van der Waals surface area contributed by atoms with Crippen LogP contribution < -0.4 is 15.5 Å². The van der Waals surface area contributed by atoms with Gasteiger partial charge in [-0.25, -0.2) is 5.43 Å². The molecule has 2 aromatic carbocycles. The summed E-state index contributed by atoms with van der Waals surface area (Å²) in [6.45, 7) is 1.98. The van der Waals surface area contributed by atoms with Crippen LogP contribution in [0.3, 0.4) is 0 Å². The van der Waals surface area contributed by atoms with Crippen molar-refractivity contribution in [2.45, 2.75) is 45.1 Å². The maximum Gasteiger partial charge on any atom is 0.271 e. The third-order valence-electron chi connectivity index (χ3n) is 4.91. The third kappa shape index (κ3) is 6.75. The van der Waals surface area contributed by atoms with Crippen molar-refractivity contribution in [1.82, 2.24) is 10.7 Å². The van der Waals surface area contributed by atoms with Crippen molar-refractivity contribution in [3.63, 3.8) is 0 Å². The average Bonchev–Trinajstić information content (AvgIpc) is 2.74. The number of benzene rings is 2. The number of rotatable bonds is 7. The van der Waals surface area contributed by atoms with E-state index in [1.165, 1.54) is 19.3 Å². The van der Waals surface area contributed by atoms with E-state index in [-0.39, 0.29) is 24.5 Å². The van der Waals surface area contributed by atoms with Gasteiger partial charge in [0.1, 0.15) is 5.75 Å². The lowest BCUT2D eigenvalue weighted by atomic mass is 9.95. The zero-order valence-corrected chi connectivity index (χ0v) is 16.7. The second kappa shape index (κ2) is 10.4. The molecule has 0 radical (unpaired) electrons. The second-order valence-electron chi connectivity index (χ2n) is 7.33. The largest absolute Gasteiger partial charge is 0.484 e. The molecular weight excluding hydrogens is 366 g/mol. The molecule has 1 saturated carbocycles. The van der Waals surface area contributed by atoms with Gasteiger partial charge in [-0.05, 0) is 61.7 Å². The molecule has 0 unspecified atom stereocenters. The number of amides is 2. The van der Waals surface area contributed by atoms with Crippen LogP contribution in [0.2, 0.25) is 0 Å². The second-order valence-corrected chi connectivity index (χ2v) is 7.33. The fourth-order valence-electron chi connectivity index (χ4n) is 3.25. The van der Waals surface area contributed by atoms with Gasteiger partial charge in [-0.15, -0.1) is 0 Å². The van der Waals surface area contributed by atoms with Gasteiger partial charge in [-0.3, -0.25) is 9.59 Å². The molecule has 0 heterocycles. The van der Waals surface area contributed by atoms with E-state index in [1.807, 2.05) is 31.2 Å². The van der Waals surface area contributed by atoms with Crippen LogP contribution in [0.25, 0.3) is 0 Å². The summed E-state index contributed by atoms with van der Waals surface area (Å²) in [6.07, 6.45) is 7.29. The minimum Gasteiger partial charge on any atom is -0.484 e. The standard InChI is InChI=1S/C23H27N3O3/c1-17-7-11-19(12-8-17)23(28)26-24-15-18-9-13-21(14-10-18)29-16-22(27)25-20-5-3-2-4-6-20/h7-15,20H,2-6,16H2,1H3,(H,25,27)(H,26,28)/b24-15+. The van der Waals surface area contributed by atoms with Gasteiger partial charge in [0.25, 0.3) is 11.8 Å². The maximum atomic E-state index is 12.0. The predicted octanol–water partition coefficient (Wildman–Crippen LogP) is 3.59. The topological polar surface area (TPSA) is 79.8 Å². The summed E-state index contributed by atoms with van der Waals surface area (Å²) in [6, 6.07) is 14.8. The normalized spacial score (nSPS) is 14.5. The Kier molecular flexibility index (Phi) is 7.39. The number of hydrogen-bond donors (Lipinski definition) is 2. The first kappa shape index (κ1) is 20.6. The van der Waals surface area contributed by atoms with E-state index in [0.717, 1.165) is 24.0 Å². The summed E-state index contributed by atoms with van der Waals surface area (Å²) in [5.74, 6) is 0.274. The quantitative estimate of drug-likeness (QED) is 0.557. The molecule has 0 saturated heterocycles. The molecule has 2 aromatic rings.